The lowest BCUT2D eigenvalue weighted by atomic mass is 10.0. The standard InChI is InChI=1S/C63H117NO8/c1-6-8-10-12-14-16-18-20-22-23-24-25-26-27-28-29-30-31-32-33-34-35-36-37-38-40-41-43-45-47-49-51-53-60(65)70-57-59(58-71-63(62(67)68)69-56-55-64(3,4)5)72-61(66)54-52-50-48-46-44-42-39-21-19-17-15-13-11-9-7-2/h9,11,15,17,21,39,59,63H,6-8,10,12-14,16,18-20,22-38,40-58H2,1-5H3/p+1/b11-9-,17-15-,39-21-. The molecule has 0 aromatic carbocycles. The lowest BCUT2D eigenvalue weighted by Gasteiger charge is -2.25. The van der Waals surface area contributed by atoms with Crippen LogP contribution in [0.25, 0.3) is 0 Å². The monoisotopic (exact) mass is 1020 g/mol. The van der Waals surface area contributed by atoms with Gasteiger partial charge in [-0.25, -0.2) is 4.79 Å². The first-order chi connectivity index (χ1) is 35.1. The number of carbonyl (C=O) groups excluding carboxylic acids is 2. The second kappa shape index (κ2) is 54.8. The summed E-state index contributed by atoms with van der Waals surface area (Å²) in [5.74, 6) is -2.01. The second-order valence-corrected chi connectivity index (χ2v) is 22.0. The van der Waals surface area contributed by atoms with Crippen LogP contribution in [0.15, 0.2) is 36.5 Å². The van der Waals surface area contributed by atoms with Crippen LogP contribution in [0.5, 0.6) is 0 Å². The van der Waals surface area contributed by atoms with Gasteiger partial charge in [-0.1, -0.05) is 269 Å². The highest BCUT2D eigenvalue weighted by Crippen LogP contribution is 2.18. The molecule has 1 N–H and O–H groups in total. The summed E-state index contributed by atoms with van der Waals surface area (Å²) in [6, 6.07) is 0. The number of hydrogen-bond donors (Lipinski definition) is 1. The van der Waals surface area contributed by atoms with Crippen LogP contribution >= 0.6 is 0 Å². The van der Waals surface area contributed by atoms with Gasteiger partial charge in [0, 0.05) is 12.8 Å². The fourth-order valence-electron chi connectivity index (χ4n) is 8.97. The van der Waals surface area contributed by atoms with Crippen molar-refractivity contribution in [1.29, 1.82) is 0 Å². The topological polar surface area (TPSA) is 108 Å². The maximum atomic E-state index is 12.8. The Morgan fingerprint density at radius 2 is 0.792 bits per heavy atom. The normalized spacial score (nSPS) is 13.0. The maximum absolute atomic E-state index is 12.8. The number of nitrogens with zero attached hydrogens (tertiary/aromatic N) is 1. The van der Waals surface area contributed by atoms with Crippen molar-refractivity contribution in [2.75, 3.05) is 47.5 Å². The summed E-state index contributed by atoms with van der Waals surface area (Å²) in [6.45, 7) is 4.78. The van der Waals surface area contributed by atoms with E-state index in [9.17, 15) is 19.5 Å². The first-order valence-corrected chi connectivity index (χ1v) is 30.7. The van der Waals surface area contributed by atoms with Gasteiger partial charge in [-0.15, -0.1) is 0 Å². The number of unbranched alkanes of at least 4 members (excludes halogenated alkanes) is 36. The van der Waals surface area contributed by atoms with Crippen LogP contribution < -0.4 is 0 Å². The molecule has 2 unspecified atom stereocenters. The number of ether oxygens (including phenoxy) is 4. The van der Waals surface area contributed by atoms with E-state index in [1.807, 2.05) is 21.1 Å². The Kier molecular flexibility index (Phi) is 52.9. The van der Waals surface area contributed by atoms with Gasteiger partial charge in [0.25, 0.3) is 6.29 Å². The summed E-state index contributed by atoms with van der Waals surface area (Å²) < 4.78 is 22.9. The van der Waals surface area contributed by atoms with Crippen LogP contribution in [0, 0.1) is 0 Å². The van der Waals surface area contributed by atoms with E-state index >= 15 is 0 Å². The average Bonchev–Trinajstić information content (AvgIpc) is 3.35. The van der Waals surface area contributed by atoms with Crippen molar-refractivity contribution >= 4 is 17.9 Å². The van der Waals surface area contributed by atoms with Crippen molar-refractivity contribution in [3.63, 3.8) is 0 Å². The molecule has 0 rings (SSSR count). The van der Waals surface area contributed by atoms with E-state index in [0.29, 0.717) is 23.9 Å². The van der Waals surface area contributed by atoms with E-state index in [-0.39, 0.29) is 32.2 Å². The third-order valence-corrected chi connectivity index (χ3v) is 13.7. The highest BCUT2D eigenvalue weighted by Gasteiger charge is 2.25. The average molecular weight is 1020 g/mol. The Morgan fingerprint density at radius 1 is 0.431 bits per heavy atom. The van der Waals surface area contributed by atoms with Crippen molar-refractivity contribution < 1.29 is 42.9 Å². The number of carboxylic acids is 1. The number of carboxylic acid groups (broad SMARTS) is 1. The number of carbonyl (C=O) groups is 3. The number of esters is 2. The summed E-state index contributed by atoms with van der Waals surface area (Å²) in [5.41, 5.74) is 0. The zero-order chi connectivity index (χ0) is 52.7. The molecule has 0 saturated heterocycles. The van der Waals surface area contributed by atoms with Gasteiger partial charge in [0.15, 0.2) is 6.10 Å². The summed E-state index contributed by atoms with van der Waals surface area (Å²) in [5, 5.41) is 9.69. The molecule has 0 fully saturated rings. The van der Waals surface area contributed by atoms with E-state index < -0.39 is 24.3 Å². The zero-order valence-electron chi connectivity index (χ0n) is 48.1. The van der Waals surface area contributed by atoms with Crippen LogP contribution in [0.2, 0.25) is 0 Å². The number of quaternary nitrogens is 1. The molecular weight excluding hydrogens is 899 g/mol. The molecule has 0 radical (unpaired) electrons. The van der Waals surface area contributed by atoms with Crippen molar-refractivity contribution in [2.24, 2.45) is 0 Å². The van der Waals surface area contributed by atoms with Crippen LogP contribution in [0.3, 0.4) is 0 Å². The van der Waals surface area contributed by atoms with Crippen molar-refractivity contribution in [1.82, 2.24) is 0 Å². The van der Waals surface area contributed by atoms with E-state index in [4.69, 9.17) is 18.9 Å². The molecule has 0 spiro atoms. The maximum Gasteiger partial charge on any atom is 0.361 e. The second-order valence-electron chi connectivity index (χ2n) is 22.0. The SMILES string of the molecule is CC/C=C\C/C=C\C/C=C\CCCCCCCC(=O)OC(COC(=O)CCCCCCCCCCCCCCCCCCCCCCCCCCCCCCCCCC)COC(OCC[N+](C)(C)C)C(=O)O. The Bertz CT molecular complexity index is 1270. The predicted octanol–water partition coefficient (Wildman–Crippen LogP) is 18.1. The summed E-state index contributed by atoms with van der Waals surface area (Å²) in [4.78, 5) is 37.4. The minimum absolute atomic E-state index is 0.185. The van der Waals surface area contributed by atoms with Gasteiger partial charge in [-0.2, -0.15) is 0 Å². The molecule has 0 aromatic heterocycles. The molecule has 0 aliphatic carbocycles. The molecule has 0 bridgehead atoms. The molecule has 9 heteroatoms. The lowest BCUT2D eigenvalue weighted by Crippen LogP contribution is -2.40. The highest BCUT2D eigenvalue weighted by molar-refractivity contribution is 5.71. The largest absolute Gasteiger partial charge is 0.477 e. The van der Waals surface area contributed by atoms with Crippen molar-refractivity contribution in [3.05, 3.63) is 36.5 Å². The first kappa shape index (κ1) is 69.5. The molecule has 422 valence electrons. The Hall–Kier alpha value is -2.49. The summed E-state index contributed by atoms with van der Waals surface area (Å²) in [7, 11) is 5.97. The third kappa shape index (κ3) is 55.3. The molecule has 0 heterocycles. The molecule has 0 aliphatic rings. The molecule has 72 heavy (non-hydrogen) atoms. The number of likely N-dealkylation sites (N-methyl/N-ethyl adjacent to an activating group) is 1. The number of rotatable bonds is 57. The molecule has 9 nitrogen and oxygen atoms in total. The van der Waals surface area contributed by atoms with Gasteiger partial charge in [0.05, 0.1) is 34.4 Å². The molecule has 0 aliphatic heterocycles. The molecule has 0 amide bonds. The zero-order valence-corrected chi connectivity index (χ0v) is 48.1. The first-order valence-electron chi connectivity index (χ1n) is 30.7. The van der Waals surface area contributed by atoms with Gasteiger partial charge < -0.3 is 28.5 Å². The third-order valence-electron chi connectivity index (χ3n) is 13.7. The van der Waals surface area contributed by atoms with Crippen LogP contribution in [-0.4, -0.2) is 87.4 Å². The predicted molar refractivity (Wildman–Crippen MR) is 304 cm³/mol. The van der Waals surface area contributed by atoms with Gasteiger partial charge in [-0.3, -0.25) is 9.59 Å². The number of allylic oxidation sites excluding steroid dienone is 6. The van der Waals surface area contributed by atoms with Crippen LogP contribution in [0.4, 0.5) is 0 Å². The van der Waals surface area contributed by atoms with E-state index in [2.05, 4.69) is 50.3 Å². The molecule has 0 aromatic rings. The van der Waals surface area contributed by atoms with Crippen LogP contribution in [0.1, 0.15) is 290 Å². The molecule has 2 atom stereocenters. The quantitative estimate of drug-likeness (QED) is 0.0211. The van der Waals surface area contributed by atoms with Gasteiger partial charge in [0.1, 0.15) is 13.2 Å². The molecular formula is C63H118NO8+. The van der Waals surface area contributed by atoms with Crippen molar-refractivity contribution in [2.45, 2.75) is 302 Å². The molecule has 0 saturated carbocycles. The Morgan fingerprint density at radius 3 is 1.18 bits per heavy atom. The number of aliphatic carboxylic acids is 1. The van der Waals surface area contributed by atoms with Gasteiger partial charge in [0.2, 0.25) is 0 Å². The summed E-state index contributed by atoms with van der Waals surface area (Å²) in [6.07, 6.45) is 64.0. The van der Waals surface area contributed by atoms with Crippen molar-refractivity contribution in [3.8, 4) is 0 Å². The summed E-state index contributed by atoms with van der Waals surface area (Å²) >= 11 is 0. The Balaban J connectivity index is 4.04. The minimum Gasteiger partial charge on any atom is -0.477 e. The lowest BCUT2D eigenvalue weighted by molar-refractivity contribution is -0.870. The Labute approximate surface area is 445 Å². The van der Waals surface area contributed by atoms with E-state index in [0.717, 1.165) is 70.6 Å². The van der Waals surface area contributed by atoms with E-state index in [1.54, 1.807) is 0 Å². The fourth-order valence-corrected chi connectivity index (χ4v) is 8.97. The van der Waals surface area contributed by atoms with Crippen LogP contribution in [-0.2, 0) is 33.3 Å². The van der Waals surface area contributed by atoms with Gasteiger partial charge >= 0.3 is 17.9 Å². The highest BCUT2D eigenvalue weighted by atomic mass is 16.7. The van der Waals surface area contributed by atoms with Gasteiger partial charge in [-0.05, 0) is 44.9 Å². The smallest absolute Gasteiger partial charge is 0.361 e. The number of hydrogen-bond acceptors (Lipinski definition) is 7. The minimum atomic E-state index is -1.51. The fraction of sp³-hybridized carbons (Fsp3) is 0.857. The van der Waals surface area contributed by atoms with E-state index in [1.165, 1.54) is 186 Å².